The standard InChI is InChI=1S/C19H26N2/c1-13-5-7-15(8-6-13)14(2)21-10-9-16-17(20)11-19(3,4)12-18(16)21/h5-10,14,17H,11-12,20H2,1-4H3. The zero-order chi connectivity index (χ0) is 15.2. The van der Waals surface area contributed by atoms with Crippen LogP contribution in [-0.4, -0.2) is 4.57 Å². The Morgan fingerprint density at radius 1 is 1.19 bits per heavy atom. The summed E-state index contributed by atoms with van der Waals surface area (Å²) >= 11 is 0. The average Bonchev–Trinajstić information content (AvgIpc) is 2.81. The number of aromatic nitrogens is 1. The van der Waals surface area contributed by atoms with E-state index in [1.165, 1.54) is 22.4 Å². The summed E-state index contributed by atoms with van der Waals surface area (Å²) in [7, 11) is 0. The largest absolute Gasteiger partial charge is 0.344 e. The molecule has 1 aliphatic carbocycles. The zero-order valence-electron chi connectivity index (χ0n) is 13.6. The van der Waals surface area contributed by atoms with Crippen molar-refractivity contribution < 1.29 is 0 Å². The van der Waals surface area contributed by atoms with Crippen LogP contribution >= 0.6 is 0 Å². The lowest BCUT2D eigenvalue weighted by atomic mass is 9.74. The summed E-state index contributed by atoms with van der Waals surface area (Å²) in [4.78, 5) is 0. The van der Waals surface area contributed by atoms with Gasteiger partial charge in [-0.3, -0.25) is 0 Å². The number of hydrogen-bond acceptors (Lipinski definition) is 1. The molecule has 0 spiro atoms. The Bertz CT molecular complexity index is 634. The van der Waals surface area contributed by atoms with Crippen molar-refractivity contribution in [3.05, 3.63) is 58.9 Å². The Balaban J connectivity index is 1.99. The molecule has 2 atom stereocenters. The molecule has 0 amide bonds. The Hall–Kier alpha value is -1.54. The summed E-state index contributed by atoms with van der Waals surface area (Å²) < 4.78 is 2.42. The molecule has 112 valence electrons. The lowest BCUT2D eigenvalue weighted by Gasteiger charge is -2.35. The van der Waals surface area contributed by atoms with Crippen LogP contribution < -0.4 is 5.73 Å². The quantitative estimate of drug-likeness (QED) is 0.870. The van der Waals surface area contributed by atoms with Crippen molar-refractivity contribution in [1.82, 2.24) is 4.57 Å². The highest BCUT2D eigenvalue weighted by molar-refractivity contribution is 5.33. The normalized spacial score (nSPS) is 21.9. The highest BCUT2D eigenvalue weighted by atomic mass is 15.0. The number of fused-ring (bicyclic) bond motifs is 1. The third-order valence-electron chi connectivity index (χ3n) is 4.85. The van der Waals surface area contributed by atoms with Crippen molar-refractivity contribution in [3.8, 4) is 0 Å². The SMILES string of the molecule is Cc1ccc(C(C)n2ccc3c2CC(C)(C)CC3N)cc1. The van der Waals surface area contributed by atoms with Crippen molar-refractivity contribution in [2.24, 2.45) is 11.1 Å². The fourth-order valence-electron chi connectivity index (χ4n) is 3.63. The number of nitrogens with two attached hydrogens (primary N) is 1. The van der Waals surface area contributed by atoms with Gasteiger partial charge in [-0.2, -0.15) is 0 Å². The minimum absolute atomic E-state index is 0.176. The Labute approximate surface area is 128 Å². The number of nitrogens with zero attached hydrogens (tertiary/aromatic N) is 1. The smallest absolute Gasteiger partial charge is 0.0554 e. The summed E-state index contributed by atoms with van der Waals surface area (Å²) in [5, 5.41) is 0. The van der Waals surface area contributed by atoms with Crippen molar-refractivity contribution in [2.45, 2.75) is 52.6 Å². The maximum absolute atomic E-state index is 6.38. The first-order chi connectivity index (χ1) is 9.87. The van der Waals surface area contributed by atoms with Gasteiger partial charge in [-0.1, -0.05) is 43.7 Å². The van der Waals surface area contributed by atoms with Crippen LogP contribution in [0.1, 0.15) is 61.7 Å². The number of aryl methyl sites for hydroxylation is 1. The minimum Gasteiger partial charge on any atom is -0.344 e. The second kappa shape index (κ2) is 5.03. The van der Waals surface area contributed by atoms with Gasteiger partial charge in [0.1, 0.15) is 0 Å². The summed E-state index contributed by atoms with van der Waals surface area (Å²) in [6, 6.07) is 11.6. The second-order valence-electron chi connectivity index (χ2n) is 7.36. The first-order valence-corrected chi connectivity index (χ1v) is 7.89. The molecule has 1 heterocycles. The van der Waals surface area contributed by atoms with Crippen LogP contribution in [0.5, 0.6) is 0 Å². The minimum atomic E-state index is 0.176. The van der Waals surface area contributed by atoms with Crippen molar-refractivity contribution in [3.63, 3.8) is 0 Å². The summed E-state index contributed by atoms with van der Waals surface area (Å²) in [5.41, 5.74) is 12.1. The van der Waals surface area contributed by atoms with Crippen LogP contribution in [0, 0.1) is 12.3 Å². The highest BCUT2D eigenvalue weighted by Gasteiger charge is 2.33. The summed E-state index contributed by atoms with van der Waals surface area (Å²) in [5.74, 6) is 0. The maximum Gasteiger partial charge on any atom is 0.0554 e. The molecule has 3 rings (SSSR count). The van der Waals surface area contributed by atoms with E-state index in [0.29, 0.717) is 6.04 Å². The molecule has 2 unspecified atom stereocenters. The van der Waals surface area contributed by atoms with E-state index in [4.69, 9.17) is 5.73 Å². The molecule has 2 N–H and O–H groups in total. The predicted octanol–water partition coefficient (Wildman–Crippen LogP) is 4.38. The lowest BCUT2D eigenvalue weighted by molar-refractivity contribution is 0.274. The van der Waals surface area contributed by atoms with Gasteiger partial charge in [-0.05, 0) is 49.3 Å². The van der Waals surface area contributed by atoms with Gasteiger partial charge < -0.3 is 10.3 Å². The van der Waals surface area contributed by atoms with Gasteiger partial charge in [0.05, 0.1) is 6.04 Å². The average molecular weight is 282 g/mol. The van der Waals surface area contributed by atoms with Crippen LogP contribution in [0.3, 0.4) is 0 Å². The predicted molar refractivity (Wildman–Crippen MR) is 88.5 cm³/mol. The van der Waals surface area contributed by atoms with Gasteiger partial charge in [0.25, 0.3) is 0 Å². The molecule has 1 aliphatic rings. The van der Waals surface area contributed by atoms with E-state index >= 15 is 0 Å². The number of rotatable bonds is 2. The Morgan fingerprint density at radius 3 is 2.52 bits per heavy atom. The molecule has 1 aromatic heterocycles. The number of benzene rings is 1. The van der Waals surface area contributed by atoms with E-state index in [9.17, 15) is 0 Å². The Morgan fingerprint density at radius 2 is 1.86 bits per heavy atom. The van der Waals surface area contributed by atoms with Crippen LogP contribution in [0.25, 0.3) is 0 Å². The van der Waals surface area contributed by atoms with E-state index in [1.54, 1.807) is 0 Å². The first-order valence-electron chi connectivity index (χ1n) is 7.89. The molecule has 2 heteroatoms. The summed E-state index contributed by atoms with van der Waals surface area (Å²) in [6.07, 6.45) is 4.40. The van der Waals surface area contributed by atoms with E-state index in [1.807, 2.05) is 0 Å². The van der Waals surface area contributed by atoms with Crippen LogP contribution in [-0.2, 0) is 6.42 Å². The monoisotopic (exact) mass is 282 g/mol. The number of hydrogen-bond donors (Lipinski definition) is 1. The second-order valence-corrected chi connectivity index (χ2v) is 7.36. The fraction of sp³-hybridized carbons (Fsp3) is 0.474. The molecule has 0 fully saturated rings. The van der Waals surface area contributed by atoms with E-state index < -0.39 is 0 Å². The van der Waals surface area contributed by atoms with Gasteiger partial charge in [-0.25, -0.2) is 0 Å². The van der Waals surface area contributed by atoms with E-state index in [-0.39, 0.29) is 11.5 Å². The van der Waals surface area contributed by atoms with Crippen molar-refractivity contribution in [1.29, 1.82) is 0 Å². The van der Waals surface area contributed by atoms with E-state index in [2.05, 4.69) is 68.8 Å². The van der Waals surface area contributed by atoms with Crippen molar-refractivity contribution >= 4 is 0 Å². The van der Waals surface area contributed by atoms with Gasteiger partial charge in [0.2, 0.25) is 0 Å². The Kier molecular flexibility index (Phi) is 3.45. The molecular formula is C19H26N2. The molecule has 0 radical (unpaired) electrons. The van der Waals surface area contributed by atoms with Crippen LogP contribution in [0.4, 0.5) is 0 Å². The molecule has 0 saturated heterocycles. The van der Waals surface area contributed by atoms with E-state index in [0.717, 1.165) is 12.8 Å². The van der Waals surface area contributed by atoms with Crippen LogP contribution in [0.2, 0.25) is 0 Å². The first kappa shape index (κ1) is 14.4. The van der Waals surface area contributed by atoms with Crippen LogP contribution in [0.15, 0.2) is 36.5 Å². The van der Waals surface area contributed by atoms with Gasteiger partial charge in [0.15, 0.2) is 0 Å². The molecule has 0 aliphatic heterocycles. The molecule has 0 saturated carbocycles. The molecule has 1 aromatic carbocycles. The third-order valence-corrected chi connectivity index (χ3v) is 4.85. The van der Waals surface area contributed by atoms with Gasteiger partial charge >= 0.3 is 0 Å². The zero-order valence-corrected chi connectivity index (χ0v) is 13.6. The summed E-state index contributed by atoms with van der Waals surface area (Å²) in [6.45, 7) is 9.05. The van der Waals surface area contributed by atoms with Gasteiger partial charge in [0, 0.05) is 17.9 Å². The molecule has 0 bridgehead atoms. The molecule has 2 aromatic rings. The maximum atomic E-state index is 6.38. The fourth-order valence-corrected chi connectivity index (χ4v) is 3.63. The third kappa shape index (κ3) is 2.65. The molecule has 2 nitrogen and oxygen atoms in total. The molecular weight excluding hydrogens is 256 g/mol. The highest BCUT2D eigenvalue weighted by Crippen LogP contribution is 2.41. The van der Waals surface area contributed by atoms with Gasteiger partial charge in [-0.15, -0.1) is 0 Å². The van der Waals surface area contributed by atoms with Crippen molar-refractivity contribution in [2.75, 3.05) is 0 Å². The topological polar surface area (TPSA) is 30.9 Å². The lowest BCUT2D eigenvalue weighted by Crippen LogP contribution is -2.31. The molecule has 21 heavy (non-hydrogen) atoms.